The normalized spacial score (nSPS) is 14.3. The van der Waals surface area contributed by atoms with Crippen LogP contribution in [-0.4, -0.2) is 28.8 Å². The molecule has 0 bridgehead atoms. The molecule has 0 saturated heterocycles. The van der Waals surface area contributed by atoms with Crippen molar-refractivity contribution in [2.45, 2.75) is 13.0 Å². The second kappa shape index (κ2) is 6.05. The second-order valence-electron chi connectivity index (χ2n) is 1.96. The lowest BCUT2D eigenvalue weighted by Crippen LogP contribution is -2.46. The fourth-order valence-corrected chi connectivity index (χ4v) is 1.08. The van der Waals surface area contributed by atoms with Gasteiger partial charge in [0.15, 0.2) is 6.35 Å². The summed E-state index contributed by atoms with van der Waals surface area (Å²) in [4.78, 5) is 20.8. The standard InChI is InChI=1S/C5H10NO4P.H3N/c1-3(11(10)2-7)4(6)5(8)9;/h4,7H,2,6H2,1H3,(H,8,9);1H3. The van der Waals surface area contributed by atoms with E-state index in [-0.39, 0.29) is 11.4 Å². The summed E-state index contributed by atoms with van der Waals surface area (Å²) < 4.78 is 0. The van der Waals surface area contributed by atoms with E-state index in [1.807, 2.05) is 0 Å². The maximum Gasteiger partial charge on any atom is 0.198 e. The Balaban J connectivity index is 0. The van der Waals surface area contributed by atoms with Gasteiger partial charge >= 0.3 is 0 Å². The van der Waals surface area contributed by atoms with Crippen LogP contribution in [0.5, 0.6) is 0 Å². The molecule has 0 aromatic heterocycles. The molecule has 0 saturated carbocycles. The number of quaternary nitrogens is 1. The molecule has 2 atom stereocenters. The lowest BCUT2D eigenvalue weighted by atomic mass is 10.2. The number of hydrogen-bond donors (Lipinski definition) is 3. The van der Waals surface area contributed by atoms with E-state index in [2.05, 4.69) is 0 Å². The Morgan fingerprint density at radius 3 is 2.42 bits per heavy atom. The van der Waals surface area contributed by atoms with Crippen LogP contribution in [0.25, 0.3) is 0 Å². The van der Waals surface area contributed by atoms with Crippen LogP contribution in [0.4, 0.5) is 0 Å². The summed E-state index contributed by atoms with van der Waals surface area (Å²) in [6.07, 6.45) is -0.581. The molecular weight excluding hydrogens is 183 g/mol. The summed E-state index contributed by atoms with van der Waals surface area (Å²) >= 11 is 0. The SMILES string of the molecule is CC(C(N)C(=O)[O-])=[P+]([O-])CO.[NH4+]. The maximum absolute atomic E-state index is 10.7. The molecule has 0 aromatic carbocycles. The van der Waals surface area contributed by atoms with Crippen molar-refractivity contribution in [3.63, 3.8) is 0 Å². The first kappa shape index (κ1) is 14.0. The molecule has 6 nitrogen and oxygen atoms in total. The zero-order valence-electron chi connectivity index (χ0n) is 6.98. The minimum absolute atomic E-state index is 0. The monoisotopic (exact) mass is 196 g/mol. The van der Waals surface area contributed by atoms with Crippen LogP contribution in [0.3, 0.4) is 0 Å². The summed E-state index contributed by atoms with van der Waals surface area (Å²) in [5, 5.41) is 18.5. The molecule has 12 heavy (non-hydrogen) atoms. The zero-order chi connectivity index (χ0) is 9.02. The van der Waals surface area contributed by atoms with E-state index in [0.717, 1.165) is 0 Å². The Labute approximate surface area is 71.1 Å². The van der Waals surface area contributed by atoms with Crippen molar-refractivity contribution in [1.29, 1.82) is 0 Å². The largest absolute Gasteiger partial charge is 0.629 e. The van der Waals surface area contributed by atoms with E-state index in [4.69, 9.17) is 10.8 Å². The van der Waals surface area contributed by atoms with Crippen molar-refractivity contribution in [3.8, 4) is 0 Å². The van der Waals surface area contributed by atoms with Gasteiger partial charge < -0.3 is 31.8 Å². The molecule has 0 aliphatic heterocycles. The zero-order valence-corrected chi connectivity index (χ0v) is 7.88. The molecular formula is C5H13N2O4P. The highest BCUT2D eigenvalue weighted by Gasteiger charge is 2.13. The Hall–Kier alpha value is -0.520. The third kappa shape index (κ3) is 3.75. The molecule has 0 aliphatic rings. The molecule has 0 aromatic rings. The third-order valence-electron chi connectivity index (χ3n) is 1.23. The third-order valence-corrected chi connectivity index (χ3v) is 2.55. The van der Waals surface area contributed by atoms with E-state index in [9.17, 15) is 14.8 Å². The minimum Gasteiger partial charge on any atom is -0.629 e. The predicted octanol–water partition coefficient (Wildman–Crippen LogP) is -2.66. The number of carbonyl (C=O) groups excluding carboxylic acids is 1. The number of aliphatic hydroxyl groups is 1. The second-order valence-corrected chi connectivity index (χ2v) is 3.70. The van der Waals surface area contributed by atoms with Crippen molar-refractivity contribution in [2.75, 3.05) is 6.35 Å². The molecule has 7 heteroatoms. The Morgan fingerprint density at radius 2 is 2.17 bits per heavy atom. The van der Waals surface area contributed by atoms with Crippen molar-refractivity contribution in [1.82, 2.24) is 6.15 Å². The number of carboxylic acids is 1. The van der Waals surface area contributed by atoms with Crippen molar-refractivity contribution >= 4 is 19.0 Å². The first-order chi connectivity index (χ1) is 5.00. The van der Waals surface area contributed by atoms with E-state index < -0.39 is 26.1 Å². The van der Waals surface area contributed by atoms with Gasteiger partial charge in [-0.3, -0.25) is 0 Å². The van der Waals surface area contributed by atoms with Crippen LogP contribution in [0.2, 0.25) is 0 Å². The van der Waals surface area contributed by atoms with Crippen molar-refractivity contribution in [2.24, 2.45) is 5.73 Å². The van der Waals surface area contributed by atoms with Gasteiger partial charge in [-0.2, -0.15) is 0 Å². The van der Waals surface area contributed by atoms with E-state index >= 15 is 0 Å². The average molecular weight is 196 g/mol. The van der Waals surface area contributed by atoms with Gasteiger partial charge in [0.1, 0.15) is 11.3 Å². The summed E-state index contributed by atoms with van der Waals surface area (Å²) in [5.41, 5.74) is 5.04. The highest BCUT2D eigenvalue weighted by atomic mass is 31.1. The first-order valence-corrected chi connectivity index (χ1v) is 4.30. The average Bonchev–Trinajstić information content (AvgIpc) is 2.00. The van der Waals surface area contributed by atoms with Gasteiger partial charge in [-0.05, 0) is 6.92 Å². The first-order valence-electron chi connectivity index (χ1n) is 2.86. The molecule has 0 aliphatic carbocycles. The van der Waals surface area contributed by atoms with E-state index in [1.54, 1.807) is 0 Å². The van der Waals surface area contributed by atoms with Gasteiger partial charge in [0, 0.05) is 0 Å². The number of carbonyl (C=O) groups is 1. The van der Waals surface area contributed by atoms with Crippen LogP contribution in [0.15, 0.2) is 0 Å². The topological polar surface area (TPSA) is 146 Å². The molecule has 2 unspecified atom stereocenters. The number of carboxylic acid groups (broad SMARTS) is 1. The van der Waals surface area contributed by atoms with Gasteiger partial charge in [0.2, 0.25) is 0 Å². The lowest BCUT2D eigenvalue weighted by molar-refractivity contribution is -0.305. The van der Waals surface area contributed by atoms with Crippen LogP contribution in [0, 0.1) is 0 Å². The predicted molar refractivity (Wildman–Crippen MR) is 43.7 cm³/mol. The highest BCUT2D eigenvalue weighted by Crippen LogP contribution is 2.11. The van der Waals surface area contributed by atoms with Gasteiger partial charge in [0.05, 0.1) is 13.7 Å². The fourth-order valence-electron chi connectivity index (χ4n) is 0.437. The van der Waals surface area contributed by atoms with Gasteiger partial charge in [-0.1, -0.05) is 0 Å². The molecule has 0 fully saturated rings. The Bertz CT molecular complexity index is 194. The number of aliphatic carboxylic acids is 1. The Kier molecular flexibility index (Phi) is 7.07. The molecule has 0 heterocycles. The van der Waals surface area contributed by atoms with Crippen LogP contribution in [-0.2, 0) is 4.79 Å². The molecule has 0 amide bonds. The smallest absolute Gasteiger partial charge is 0.198 e. The number of rotatable bonds is 3. The number of aliphatic hydroxyl groups excluding tert-OH is 1. The number of hydrogen-bond acceptors (Lipinski definition) is 5. The van der Waals surface area contributed by atoms with E-state index in [0.29, 0.717) is 0 Å². The maximum atomic E-state index is 10.7. The summed E-state index contributed by atoms with van der Waals surface area (Å²) in [7, 11) is -2.04. The molecule has 72 valence electrons. The summed E-state index contributed by atoms with van der Waals surface area (Å²) in [6, 6.07) is -1.36. The van der Waals surface area contributed by atoms with Crippen LogP contribution < -0.4 is 21.9 Å². The molecule has 0 radical (unpaired) electrons. The molecule has 7 N–H and O–H groups in total. The quantitative estimate of drug-likeness (QED) is 0.421. The van der Waals surface area contributed by atoms with Gasteiger partial charge in [-0.25, -0.2) is 0 Å². The number of nitrogens with two attached hydrogens (primary N) is 1. The van der Waals surface area contributed by atoms with Crippen LogP contribution >= 0.6 is 7.77 Å². The van der Waals surface area contributed by atoms with Gasteiger partial charge in [0.25, 0.3) is 0 Å². The molecule has 0 rings (SSSR count). The van der Waals surface area contributed by atoms with Crippen LogP contribution in [0.1, 0.15) is 6.92 Å². The van der Waals surface area contributed by atoms with E-state index in [1.165, 1.54) is 6.92 Å². The van der Waals surface area contributed by atoms with Gasteiger partial charge in [-0.15, -0.1) is 0 Å². The van der Waals surface area contributed by atoms with Crippen molar-refractivity contribution < 1.29 is 19.9 Å². The summed E-state index contributed by atoms with van der Waals surface area (Å²) in [6.45, 7) is 1.31. The minimum atomic E-state index is -2.04. The highest BCUT2D eigenvalue weighted by molar-refractivity contribution is 7.51. The molecule has 0 spiro atoms. The fraction of sp³-hybridized carbons (Fsp3) is 0.600. The lowest BCUT2D eigenvalue weighted by Gasteiger charge is -2.10. The summed E-state index contributed by atoms with van der Waals surface area (Å²) in [5.74, 6) is -1.49. The Morgan fingerprint density at radius 1 is 1.75 bits per heavy atom. The van der Waals surface area contributed by atoms with Crippen molar-refractivity contribution in [3.05, 3.63) is 0 Å².